The topological polar surface area (TPSA) is 84.9 Å². The molecule has 0 bridgehead atoms. The minimum atomic E-state index is -0.728. The number of ether oxygens (including phenoxy) is 2. The summed E-state index contributed by atoms with van der Waals surface area (Å²) in [6.45, 7) is 3.28. The second kappa shape index (κ2) is 8.31. The number of nitrogens with zero attached hydrogens (tertiary/aromatic N) is 1. The zero-order chi connectivity index (χ0) is 20.3. The molecule has 1 N–H and O–H groups in total. The van der Waals surface area contributed by atoms with Crippen LogP contribution in [-0.2, 0) is 14.3 Å². The van der Waals surface area contributed by atoms with E-state index >= 15 is 0 Å². The molecule has 0 aromatic heterocycles. The highest BCUT2D eigenvalue weighted by atomic mass is 35.5. The fourth-order valence-corrected chi connectivity index (χ4v) is 3.02. The van der Waals surface area contributed by atoms with Crippen LogP contribution in [0.1, 0.15) is 24.2 Å². The number of para-hydroxylation sites is 1. The number of halogens is 1. The molecule has 0 spiro atoms. The van der Waals surface area contributed by atoms with Crippen molar-refractivity contribution in [1.82, 2.24) is 0 Å². The van der Waals surface area contributed by atoms with Crippen LogP contribution in [0.3, 0.4) is 0 Å². The van der Waals surface area contributed by atoms with Crippen LogP contribution in [0.2, 0.25) is 5.02 Å². The second-order valence-corrected chi connectivity index (χ2v) is 6.55. The largest absolute Gasteiger partial charge is 0.479 e. The number of amides is 2. The van der Waals surface area contributed by atoms with E-state index in [1.807, 2.05) is 0 Å². The summed E-state index contributed by atoms with van der Waals surface area (Å²) < 4.78 is 10.6. The van der Waals surface area contributed by atoms with Gasteiger partial charge in [0.2, 0.25) is 5.91 Å². The van der Waals surface area contributed by atoms with Crippen molar-refractivity contribution in [1.29, 1.82) is 0 Å². The van der Waals surface area contributed by atoms with E-state index in [-0.39, 0.29) is 24.6 Å². The molecule has 0 radical (unpaired) electrons. The van der Waals surface area contributed by atoms with Crippen molar-refractivity contribution < 1.29 is 23.9 Å². The van der Waals surface area contributed by atoms with Crippen LogP contribution < -0.4 is 15.0 Å². The summed E-state index contributed by atoms with van der Waals surface area (Å²) in [6.07, 6.45) is -0.728. The van der Waals surface area contributed by atoms with Crippen molar-refractivity contribution in [3.05, 3.63) is 53.1 Å². The van der Waals surface area contributed by atoms with Gasteiger partial charge in [-0.25, -0.2) is 4.79 Å². The maximum atomic E-state index is 12.6. The van der Waals surface area contributed by atoms with Gasteiger partial charge in [0.05, 0.1) is 23.5 Å². The van der Waals surface area contributed by atoms with Crippen molar-refractivity contribution >= 4 is 40.8 Å². The molecule has 7 nitrogen and oxygen atoms in total. The summed E-state index contributed by atoms with van der Waals surface area (Å²) in [5.74, 6) is -0.892. The molecule has 0 saturated carbocycles. The fraction of sp³-hybridized carbons (Fsp3) is 0.250. The van der Waals surface area contributed by atoms with Gasteiger partial charge >= 0.3 is 5.97 Å². The molecule has 8 heteroatoms. The van der Waals surface area contributed by atoms with E-state index in [4.69, 9.17) is 21.1 Å². The van der Waals surface area contributed by atoms with Gasteiger partial charge in [-0.15, -0.1) is 0 Å². The van der Waals surface area contributed by atoms with Crippen LogP contribution in [-0.4, -0.2) is 37.0 Å². The first-order chi connectivity index (χ1) is 13.4. The van der Waals surface area contributed by atoms with Crippen LogP contribution in [0.25, 0.3) is 0 Å². The first-order valence-corrected chi connectivity index (χ1v) is 9.12. The Bertz CT molecular complexity index is 931. The molecule has 0 fully saturated rings. The lowest BCUT2D eigenvalue weighted by molar-refractivity contribution is -0.127. The first-order valence-electron chi connectivity index (χ1n) is 8.74. The third-order valence-corrected chi connectivity index (χ3v) is 4.36. The predicted octanol–water partition coefficient (Wildman–Crippen LogP) is 3.27. The summed E-state index contributed by atoms with van der Waals surface area (Å²) >= 11 is 6.03. The normalized spacial score (nSPS) is 15.5. The second-order valence-electron chi connectivity index (χ2n) is 6.11. The molecular weight excluding hydrogens is 384 g/mol. The standard InChI is InChI=1S/C20H19ClN2O5/c1-3-27-20(26)14-6-4-5-7-15(14)22-18(24)11-23-16-10-13(21)8-9-17(16)28-12(2)19(23)25/h4-10,12H,3,11H2,1-2H3,(H,22,24). The highest BCUT2D eigenvalue weighted by Gasteiger charge is 2.33. The Labute approximate surface area is 167 Å². The number of esters is 1. The van der Waals surface area contributed by atoms with Gasteiger partial charge < -0.3 is 14.8 Å². The molecule has 1 aliphatic heterocycles. The van der Waals surface area contributed by atoms with Crippen LogP contribution in [0, 0.1) is 0 Å². The molecule has 1 unspecified atom stereocenters. The summed E-state index contributed by atoms with van der Waals surface area (Å²) in [7, 11) is 0. The van der Waals surface area contributed by atoms with Gasteiger partial charge in [0.1, 0.15) is 12.3 Å². The Morgan fingerprint density at radius 1 is 1.25 bits per heavy atom. The van der Waals surface area contributed by atoms with Crippen molar-refractivity contribution in [3.8, 4) is 5.75 Å². The van der Waals surface area contributed by atoms with E-state index < -0.39 is 18.0 Å². The SMILES string of the molecule is CCOC(=O)c1ccccc1NC(=O)CN1C(=O)C(C)Oc2ccc(Cl)cc21. The lowest BCUT2D eigenvalue weighted by Crippen LogP contribution is -2.47. The smallest absolute Gasteiger partial charge is 0.340 e. The Morgan fingerprint density at radius 3 is 2.75 bits per heavy atom. The van der Waals surface area contributed by atoms with Gasteiger partial charge in [-0.05, 0) is 44.2 Å². The van der Waals surface area contributed by atoms with E-state index in [1.54, 1.807) is 56.3 Å². The lowest BCUT2D eigenvalue weighted by Gasteiger charge is -2.32. The molecule has 0 saturated heterocycles. The average Bonchev–Trinajstić information content (AvgIpc) is 2.66. The quantitative estimate of drug-likeness (QED) is 0.776. The van der Waals surface area contributed by atoms with Crippen molar-refractivity contribution in [2.75, 3.05) is 23.4 Å². The zero-order valence-electron chi connectivity index (χ0n) is 15.4. The first kappa shape index (κ1) is 19.7. The van der Waals surface area contributed by atoms with Gasteiger partial charge in [-0.3, -0.25) is 14.5 Å². The van der Waals surface area contributed by atoms with E-state index in [0.717, 1.165) is 0 Å². The van der Waals surface area contributed by atoms with Crippen molar-refractivity contribution in [2.24, 2.45) is 0 Å². The van der Waals surface area contributed by atoms with Crippen LogP contribution in [0.4, 0.5) is 11.4 Å². The molecule has 1 atom stereocenters. The van der Waals surface area contributed by atoms with Gasteiger partial charge in [0.15, 0.2) is 6.10 Å². The van der Waals surface area contributed by atoms with Gasteiger partial charge in [0.25, 0.3) is 5.91 Å². The molecular formula is C20H19ClN2O5. The highest BCUT2D eigenvalue weighted by molar-refractivity contribution is 6.31. The van der Waals surface area contributed by atoms with Crippen LogP contribution >= 0.6 is 11.6 Å². The minimum Gasteiger partial charge on any atom is -0.479 e. The Hall–Kier alpha value is -3.06. The Balaban J connectivity index is 1.82. The number of carbonyl (C=O) groups excluding carboxylic acids is 3. The van der Waals surface area contributed by atoms with Gasteiger partial charge in [-0.1, -0.05) is 23.7 Å². The number of benzene rings is 2. The summed E-state index contributed by atoms with van der Waals surface area (Å²) in [5, 5.41) is 3.09. The highest BCUT2D eigenvalue weighted by Crippen LogP contribution is 2.36. The van der Waals surface area contributed by atoms with E-state index in [1.165, 1.54) is 4.90 Å². The zero-order valence-corrected chi connectivity index (χ0v) is 16.2. The monoisotopic (exact) mass is 402 g/mol. The Kier molecular flexibility index (Phi) is 5.84. The van der Waals surface area contributed by atoms with Crippen LogP contribution in [0.5, 0.6) is 5.75 Å². The summed E-state index contributed by atoms with van der Waals surface area (Å²) in [5.41, 5.74) is 0.971. The molecule has 1 heterocycles. The number of rotatable bonds is 5. The fourth-order valence-electron chi connectivity index (χ4n) is 2.86. The molecule has 2 aromatic rings. The molecule has 1 aliphatic rings. The van der Waals surface area contributed by atoms with Crippen molar-refractivity contribution in [3.63, 3.8) is 0 Å². The molecule has 146 valence electrons. The summed E-state index contributed by atoms with van der Waals surface area (Å²) in [4.78, 5) is 38.6. The molecule has 28 heavy (non-hydrogen) atoms. The predicted molar refractivity (Wildman–Crippen MR) is 105 cm³/mol. The molecule has 2 amide bonds. The van der Waals surface area contributed by atoms with Crippen molar-refractivity contribution in [2.45, 2.75) is 20.0 Å². The van der Waals surface area contributed by atoms with E-state index in [0.29, 0.717) is 22.1 Å². The van der Waals surface area contributed by atoms with Gasteiger partial charge in [-0.2, -0.15) is 0 Å². The maximum Gasteiger partial charge on any atom is 0.340 e. The number of hydrogen-bond donors (Lipinski definition) is 1. The van der Waals surface area contributed by atoms with Crippen LogP contribution in [0.15, 0.2) is 42.5 Å². The summed E-state index contributed by atoms with van der Waals surface area (Å²) in [6, 6.07) is 11.4. The minimum absolute atomic E-state index is 0.221. The van der Waals surface area contributed by atoms with Gasteiger partial charge in [0, 0.05) is 5.02 Å². The molecule has 2 aromatic carbocycles. The number of nitrogens with one attached hydrogen (secondary N) is 1. The third kappa shape index (κ3) is 4.09. The number of anilines is 2. The molecule has 3 rings (SSSR count). The lowest BCUT2D eigenvalue weighted by atomic mass is 10.1. The molecule has 0 aliphatic carbocycles. The van der Waals surface area contributed by atoms with E-state index in [2.05, 4.69) is 5.32 Å². The number of fused-ring (bicyclic) bond motifs is 1. The Morgan fingerprint density at radius 2 is 2.00 bits per heavy atom. The maximum absolute atomic E-state index is 12.6. The van der Waals surface area contributed by atoms with E-state index in [9.17, 15) is 14.4 Å². The number of hydrogen-bond acceptors (Lipinski definition) is 5. The third-order valence-electron chi connectivity index (χ3n) is 4.13. The average molecular weight is 403 g/mol. The number of carbonyl (C=O) groups is 3.